The van der Waals surface area contributed by atoms with Gasteiger partial charge in [0.15, 0.2) is 0 Å². The number of nitrogens with zero attached hydrogens (tertiary/aromatic N) is 1. The second kappa shape index (κ2) is 4.74. The summed E-state index contributed by atoms with van der Waals surface area (Å²) >= 11 is 1.64. The van der Waals surface area contributed by atoms with E-state index in [1.807, 2.05) is 16.3 Å². The number of carbonyl (C=O) groups excluding carboxylic acids is 1. The van der Waals surface area contributed by atoms with Gasteiger partial charge in [0.1, 0.15) is 6.17 Å². The summed E-state index contributed by atoms with van der Waals surface area (Å²) in [6.07, 6.45) is 0.0268. The van der Waals surface area contributed by atoms with Crippen LogP contribution in [-0.2, 0) is 9.53 Å². The van der Waals surface area contributed by atoms with Gasteiger partial charge in [-0.3, -0.25) is 10.1 Å². The summed E-state index contributed by atoms with van der Waals surface area (Å²) in [5.41, 5.74) is 1.15. The van der Waals surface area contributed by atoms with Crippen molar-refractivity contribution in [3.05, 3.63) is 22.4 Å². The van der Waals surface area contributed by atoms with Gasteiger partial charge in [-0.05, 0) is 22.4 Å². The van der Waals surface area contributed by atoms with E-state index in [0.29, 0.717) is 19.7 Å². The molecule has 5 heteroatoms. The highest BCUT2D eigenvalue weighted by Crippen LogP contribution is 2.23. The van der Waals surface area contributed by atoms with Crippen LogP contribution in [0.5, 0.6) is 0 Å². The highest BCUT2D eigenvalue weighted by Gasteiger charge is 2.31. The van der Waals surface area contributed by atoms with E-state index in [2.05, 4.69) is 10.7 Å². The number of ether oxygens (including phenoxy) is 1. The molecule has 0 bridgehead atoms. The van der Waals surface area contributed by atoms with Gasteiger partial charge in [0.05, 0.1) is 13.2 Å². The van der Waals surface area contributed by atoms with Crippen molar-refractivity contribution in [2.24, 2.45) is 0 Å². The van der Waals surface area contributed by atoms with Crippen LogP contribution in [0.1, 0.15) is 11.7 Å². The lowest BCUT2D eigenvalue weighted by Gasteiger charge is -2.23. The van der Waals surface area contributed by atoms with Gasteiger partial charge in [-0.25, -0.2) is 0 Å². The molecule has 0 spiro atoms. The average molecular weight is 226 g/mol. The average Bonchev–Trinajstić information content (AvgIpc) is 2.84. The zero-order chi connectivity index (χ0) is 10.7. The molecular weight excluding hydrogens is 212 g/mol. The summed E-state index contributed by atoms with van der Waals surface area (Å²) in [6.45, 7) is 1.64. The molecule has 1 N–H and O–H groups in total. The molecule has 1 fully saturated rings. The van der Waals surface area contributed by atoms with Crippen LogP contribution in [0.3, 0.4) is 0 Å². The van der Waals surface area contributed by atoms with Crippen molar-refractivity contribution in [1.29, 1.82) is 0 Å². The normalized spacial score (nSPS) is 21.3. The third-order valence-electron chi connectivity index (χ3n) is 2.47. The van der Waals surface area contributed by atoms with Crippen LogP contribution >= 0.6 is 11.3 Å². The monoisotopic (exact) mass is 226 g/mol. The van der Waals surface area contributed by atoms with Gasteiger partial charge in [-0.2, -0.15) is 11.3 Å². The minimum Gasteiger partial charge on any atom is -0.383 e. The minimum atomic E-state index is 0.0268. The zero-order valence-corrected chi connectivity index (χ0v) is 9.42. The molecule has 1 saturated heterocycles. The molecule has 0 aromatic carbocycles. The van der Waals surface area contributed by atoms with Crippen LogP contribution < -0.4 is 5.32 Å². The summed E-state index contributed by atoms with van der Waals surface area (Å²) in [6, 6.07) is 2.04. The van der Waals surface area contributed by atoms with Crippen LogP contribution in [0.25, 0.3) is 0 Å². The van der Waals surface area contributed by atoms with Crippen molar-refractivity contribution in [2.75, 3.05) is 26.8 Å². The Morgan fingerprint density at radius 1 is 1.73 bits per heavy atom. The Morgan fingerprint density at radius 2 is 2.60 bits per heavy atom. The molecule has 0 saturated carbocycles. The molecule has 1 aromatic heterocycles. The molecule has 1 unspecified atom stereocenters. The van der Waals surface area contributed by atoms with Crippen molar-refractivity contribution in [3.63, 3.8) is 0 Å². The van der Waals surface area contributed by atoms with E-state index >= 15 is 0 Å². The lowest BCUT2D eigenvalue weighted by Crippen LogP contribution is -2.32. The third-order valence-corrected chi connectivity index (χ3v) is 3.18. The van der Waals surface area contributed by atoms with Crippen molar-refractivity contribution >= 4 is 17.2 Å². The van der Waals surface area contributed by atoms with Crippen LogP contribution in [0.2, 0.25) is 0 Å². The number of amides is 1. The Kier molecular flexibility index (Phi) is 3.35. The number of hydrogen-bond acceptors (Lipinski definition) is 4. The van der Waals surface area contributed by atoms with Crippen LogP contribution in [-0.4, -0.2) is 37.6 Å². The van der Waals surface area contributed by atoms with Gasteiger partial charge in [0, 0.05) is 13.7 Å². The third kappa shape index (κ3) is 2.19. The maximum absolute atomic E-state index is 11.6. The van der Waals surface area contributed by atoms with Gasteiger partial charge in [-0.1, -0.05) is 0 Å². The summed E-state index contributed by atoms with van der Waals surface area (Å²) < 4.78 is 5.00. The van der Waals surface area contributed by atoms with Crippen molar-refractivity contribution < 1.29 is 9.53 Å². The molecular formula is C10H14N2O2S. The second-order valence-corrected chi connectivity index (χ2v) is 4.20. The lowest BCUT2D eigenvalue weighted by molar-refractivity contribution is -0.128. The van der Waals surface area contributed by atoms with Crippen LogP contribution in [0, 0.1) is 0 Å². The smallest absolute Gasteiger partial charge is 0.238 e. The molecule has 2 heterocycles. The van der Waals surface area contributed by atoms with Crippen molar-refractivity contribution in [2.45, 2.75) is 6.17 Å². The summed E-state index contributed by atoms with van der Waals surface area (Å²) in [7, 11) is 1.65. The maximum Gasteiger partial charge on any atom is 0.238 e. The Balaban J connectivity index is 2.07. The van der Waals surface area contributed by atoms with E-state index in [1.165, 1.54) is 0 Å². The molecule has 0 radical (unpaired) electrons. The Hall–Kier alpha value is -0.910. The number of rotatable bonds is 4. The molecule has 1 aliphatic heterocycles. The van der Waals surface area contributed by atoms with Gasteiger partial charge >= 0.3 is 0 Å². The number of hydrogen-bond donors (Lipinski definition) is 1. The zero-order valence-electron chi connectivity index (χ0n) is 8.60. The molecule has 1 amide bonds. The minimum absolute atomic E-state index is 0.0268. The van der Waals surface area contributed by atoms with Gasteiger partial charge in [-0.15, -0.1) is 0 Å². The lowest BCUT2D eigenvalue weighted by atomic mass is 10.2. The standard InChI is InChI=1S/C10H14N2O2S/c1-14-4-3-12-9(13)6-11-10(12)8-2-5-15-7-8/h2,5,7,10-11H,3-4,6H2,1H3. The molecule has 1 aliphatic rings. The number of thiophene rings is 1. The molecule has 0 aliphatic carbocycles. The molecule has 2 rings (SSSR count). The Labute approximate surface area is 92.8 Å². The Bertz CT molecular complexity index is 326. The highest BCUT2D eigenvalue weighted by molar-refractivity contribution is 7.07. The maximum atomic E-state index is 11.6. The topological polar surface area (TPSA) is 41.6 Å². The summed E-state index contributed by atoms with van der Waals surface area (Å²) in [4.78, 5) is 13.4. The van der Waals surface area contributed by atoms with E-state index < -0.39 is 0 Å². The van der Waals surface area contributed by atoms with Crippen molar-refractivity contribution in [1.82, 2.24) is 10.2 Å². The first-order valence-corrected chi connectivity index (χ1v) is 5.81. The summed E-state index contributed by atoms with van der Waals surface area (Å²) in [5.74, 6) is 0.142. The fraction of sp³-hybridized carbons (Fsp3) is 0.500. The first kappa shape index (κ1) is 10.6. The van der Waals surface area contributed by atoms with E-state index in [9.17, 15) is 4.79 Å². The van der Waals surface area contributed by atoms with Crippen LogP contribution in [0.15, 0.2) is 16.8 Å². The largest absolute Gasteiger partial charge is 0.383 e. The Morgan fingerprint density at radius 3 is 3.27 bits per heavy atom. The molecule has 15 heavy (non-hydrogen) atoms. The first-order valence-electron chi connectivity index (χ1n) is 4.87. The number of carbonyl (C=O) groups is 1. The molecule has 1 atom stereocenters. The molecule has 1 aromatic rings. The van der Waals surface area contributed by atoms with Gasteiger partial charge < -0.3 is 9.64 Å². The second-order valence-electron chi connectivity index (χ2n) is 3.42. The van der Waals surface area contributed by atoms with E-state index in [0.717, 1.165) is 5.56 Å². The van der Waals surface area contributed by atoms with E-state index in [1.54, 1.807) is 18.4 Å². The number of nitrogens with one attached hydrogen (secondary N) is 1. The van der Waals surface area contributed by atoms with Gasteiger partial charge in [0.2, 0.25) is 5.91 Å². The highest BCUT2D eigenvalue weighted by atomic mass is 32.1. The predicted octanol–water partition coefficient (Wildman–Crippen LogP) is 0.825. The number of methoxy groups -OCH3 is 1. The fourth-order valence-electron chi connectivity index (χ4n) is 1.71. The fourth-order valence-corrected chi connectivity index (χ4v) is 2.39. The van der Waals surface area contributed by atoms with E-state index in [4.69, 9.17) is 4.74 Å². The molecule has 82 valence electrons. The quantitative estimate of drug-likeness (QED) is 0.826. The summed E-state index contributed by atoms with van der Waals surface area (Å²) in [5, 5.41) is 7.28. The van der Waals surface area contributed by atoms with Crippen molar-refractivity contribution in [3.8, 4) is 0 Å². The SMILES string of the molecule is COCCN1C(=O)CNC1c1ccsc1. The molecule has 4 nitrogen and oxygen atoms in total. The van der Waals surface area contributed by atoms with Gasteiger partial charge in [0.25, 0.3) is 0 Å². The first-order chi connectivity index (χ1) is 7.33. The van der Waals surface area contributed by atoms with E-state index in [-0.39, 0.29) is 12.1 Å². The van der Waals surface area contributed by atoms with Crippen LogP contribution in [0.4, 0.5) is 0 Å². The predicted molar refractivity (Wildman–Crippen MR) is 58.7 cm³/mol.